The van der Waals surface area contributed by atoms with Crippen molar-refractivity contribution in [2.45, 2.75) is 0 Å². The van der Waals surface area contributed by atoms with Crippen LogP contribution in [0.5, 0.6) is 0 Å². The van der Waals surface area contributed by atoms with E-state index in [1.54, 1.807) is 24.3 Å². The van der Waals surface area contributed by atoms with Crippen molar-refractivity contribution in [2.75, 3.05) is 0 Å². The molecular formula is C12H6Br2O2. The molecule has 16 heavy (non-hydrogen) atoms. The summed E-state index contributed by atoms with van der Waals surface area (Å²) in [5, 5.41) is 1.87. The van der Waals surface area contributed by atoms with E-state index in [1.165, 1.54) is 0 Å². The molecule has 0 saturated heterocycles. The van der Waals surface area contributed by atoms with Crippen molar-refractivity contribution >= 4 is 52.0 Å². The second kappa shape index (κ2) is 4.47. The summed E-state index contributed by atoms with van der Waals surface area (Å²) < 4.78 is -0.324. The van der Waals surface area contributed by atoms with Crippen LogP contribution in [0.3, 0.4) is 0 Å². The highest BCUT2D eigenvalue weighted by Gasteiger charge is 2.05. The van der Waals surface area contributed by atoms with E-state index in [9.17, 15) is 9.59 Å². The maximum Gasteiger partial charge on any atom is 0.228 e. The van der Waals surface area contributed by atoms with Gasteiger partial charge in [-0.3, -0.25) is 9.59 Å². The van der Waals surface area contributed by atoms with Gasteiger partial charge in [0.2, 0.25) is 9.39 Å². The first-order chi connectivity index (χ1) is 7.58. The smallest absolute Gasteiger partial charge is 0.228 e. The highest BCUT2D eigenvalue weighted by molar-refractivity contribution is 9.18. The maximum absolute atomic E-state index is 11.1. The van der Waals surface area contributed by atoms with E-state index in [2.05, 4.69) is 31.9 Å². The largest absolute Gasteiger partial charge is 0.281 e. The molecule has 2 nitrogen and oxygen atoms in total. The van der Waals surface area contributed by atoms with Gasteiger partial charge in [-0.1, -0.05) is 12.1 Å². The van der Waals surface area contributed by atoms with Gasteiger partial charge >= 0.3 is 0 Å². The topological polar surface area (TPSA) is 34.1 Å². The Bertz CT molecular complexity index is 542. The number of carbonyl (C=O) groups excluding carboxylic acids is 2. The zero-order chi connectivity index (χ0) is 11.7. The first kappa shape index (κ1) is 11.5. The Hall–Kier alpha value is -1.00. The van der Waals surface area contributed by atoms with Crippen molar-refractivity contribution in [3.63, 3.8) is 0 Å². The fourth-order valence-electron chi connectivity index (χ4n) is 1.49. The van der Waals surface area contributed by atoms with Crippen molar-refractivity contribution in [1.29, 1.82) is 0 Å². The number of carbonyl (C=O) groups is 2. The third-order valence-electron chi connectivity index (χ3n) is 2.29. The van der Waals surface area contributed by atoms with Crippen LogP contribution in [-0.4, -0.2) is 9.39 Å². The molecular weight excluding hydrogens is 336 g/mol. The van der Waals surface area contributed by atoms with Crippen LogP contribution in [0, 0.1) is 0 Å². The summed E-state index contributed by atoms with van der Waals surface area (Å²) in [7, 11) is 0. The van der Waals surface area contributed by atoms with Crippen molar-refractivity contribution in [3.8, 4) is 0 Å². The molecule has 0 atom stereocenters. The molecule has 4 heteroatoms. The van der Waals surface area contributed by atoms with Crippen LogP contribution in [0.25, 0.3) is 10.8 Å². The number of benzene rings is 2. The number of halogens is 2. The van der Waals surface area contributed by atoms with E-state index in [0.717, 1.165) is 10.8 Å². The summed E-state index contributed by atoms with van der Waals surface area (Å²) in [5.74, 6) is 0. The summed E-state index contributed by atoms with van der Waals surface area (Å²) in [4.78, 5) is 22.3. The molecule has 0 aromatic heterocycles. The second-order valence-electron chi connectivity index (χ2n) is 3.32. The first-order valence-electron chi connectivity index (χ1n) is 4.51. The summed E-state index contributed by atoms with van der Waals surface area (Å²) >= 11 is 5.80. The molecule has 0 amide bonds. The number of rotatable bonds is 2. The number of hydrogen-bond acceptors (Lipinski definition) is 2. The standard InChI is InChI=1S/C12H6Br2O2/c13-11(15)8-3-1-7-2-4-9(12(14)16)6-10(7)5-8/h1-6H. The van der Waals surface area contributed by atoms with E-state index in [4.69, 9.17) is 0 Å². The van der Waals surface area contributed by atoms with E-state index in [0.29, 0.717) is 11.1 Å². The highest BCUT2D eigenvalue weighted by atomic mass is 79.9. The zero-order valence-corrected chi connectivity index (χ0v) is 11.2. The van der Waals surface area contributed by atoms with Crippen molar-refractivity contribution in [2.24, 2.45) is 0 Å². The van der Waals surface area contributed by atoms with Crippen molar-refractivity contribution < 1.29 is 9.59 Å². The minimum absolute atomic E-state index is 0.162. The van der Waals surface area contributed by atoms with Gasteiger partial charge < -0.3 is 0 Å². The van der Waals surface area contributed by atoms with E-state index in [1.807, 2.05) is 12.1 Å². The van der Waals surface area contributed by atoms with Crippen LogP contribution in [0.1, 0.15) is 20.7 Å². The average Bonchev–Trinajstić information content (AvgIpc) is 2.27. The van der Waals surface area contributed by atoms with Crippen LogP contribution in [0.2, 0.25) is 0 Å². The normalized spacial score (nSPS) is 10.4. The van der Waals surface area contributed by atoms with Gasteiger partial charge in [0.1, 0.15) is 0 Å². The molecule has 2 aromatic carbocycles. The summed E-state index contributed by atoms with van der Waals surface area (Å²) in [5.41, 5.74) is 1.15. The molecule has 0 aliphatic heterocycles. The van der Waals surface area contributed by atoms with E-state index in [-0.39, 0.29) is 9.39 Å². The fourth-order valence-corrected chi connectivity index (χ4v) is 1.98. The van der Waals surface area contributed by atoms with E-state index >= 15 is 0 Å². The molecule has 0 unspecified atom stereocenters. The van der Waals surface area contributed by atoms with E-state index < -0.39 is 0 Å². The Morgan fingerprint density at radius 1 is 0.750 bits per heavy atom. The highest BCUT2D eigenvalue weighted by Crippen LogP contribution is 2.20. The summed E-state index contributed by atoms with van der Waals surface area (Å²) in [6.07, 6.45) is 0. The molecule has 0 aliphatic rings. The maximum atomic E-state index is 11.1. The van der Waals surface area contributed by atoms with Gasteiger partial charge in [0.25, 0.3) is 0 Å². The SMILES string of the molecule is O=C(Br)c1ccc2ccc(C(=O)Br)cc2c1. The predicted molar refractivity (Wildman–Crippen MR) is 70.5 cm³/mol. The Morgan fingerprint density at radius 3 is 1.56 bits per heavy atom. The number of fused-ring (bicyclic) bond motifs is 1. The van der Waals surface area contributed by atoms with Crippen LogP contribution < -0.4 is 0 Å². The fraction of sp³-hybridized carbons (Fsp3) is 0. The Morgan fingerprint density at radius 2 is 1.19 bits per heavy atom. The molecule has 0 radical (unpaired) electrons. The van der Waals surface area contributed by atoms with Crippen LogP contribution in [0.15, 0.2) is 36.4 Å². The number of hydrogen-bond donors (Lipinski definition) is 0. The minimum Gasteiger partial charge on any atom is -0.281 e. The summed E-state index contributed by atoms with van der Waals surface area (Å²) in [6.45, 7) is 0. The Balaban J connectivity index is 2.65. The van der Waals surface area contributed by atoms with Crippen molar-refractivity contribution in [3.05, 3.63) is 47.5 Å². The second-order valence-corrected chi connectivity index (χ2v) is 4.76. The minimum atomic E-state index is -0.162. The van der Waals surface area contributed by atoms with Gasteiger partial charge in [-0.05, 0) is 66.9 Å². The van der Waals surface area contributed by atoms with Crippen LogP contribution in [0.4, 0.5) is 0 Å². The summed E-state index contributed by atoms with van der Waals surface area (Å²) in [6, 6.07) is 10.7. The first-order valence-corrected chi connectivity index (χ1v) is 6.10. The Kier molecular flexibility index (Phi) is 3.21. The molecule has 80 valence electrons. The molecule has 0 N–H and O–H groups in total. The van der Waals surface area contributed by atoms with Gasteiger partial charge in [-0.15, -0.1) is 0 Å². The quantitative estimate of drug-likeness (QED) is 0.776. The third-order valence-corrected chi connectivity index (χ3v) is 3.21. The third kappa shape index (κ3) is 2.23. The molecule has 0 heterocycles. The van der Waals surface area contributed by atoms with Gasteiger partial charge in [0.05, 0.1) is 0 Å². The molecule has 0 spiro atoms. The molecule has 0 saturated carbocycles. The lowest BCUT2D eigenvalue weighted by atomic mass is 10.1. The predicted octanol–water partition coefficient (Wildman–Crippen LogP) is 3.91. The van der Waals surface area contributed by atoms with Gasteiger partial charge in [-0.2, -0.15) is 0 Å². The molecule has 0 bridgehead atoms. The molecule has 0 aliphatic carbocycles. The molecule has 2 aromatic rings. The van der Waals surface area contributed by atoms with Crippen molar-refractivity contribution in [1.82, 2.24) is 0 Å². The van der Waals surface area contributed by atoms with Gasteiger partial charge in [0.15, 0.2) is 0 Å². The van der Waals surface area contributed by atoms with Crippen LogP contribution >= 0.6 is 31.9 Å². The lowest BCUT2D eigenvalue weighted by molar-refractivity contribution is 0.108. The molecule has 0 fully saturated rings. The lowest BCUT2D eigenvalue weighted by Crippen LogP contribution is -1.90. The zero-order valence-electron chi connectivity index (χ0n) is 8.04. The molecule has 2 rings (SSSR count). The van der Waals surface area contributed by atoms with Gasteiger partial charge in [0, 0.05) is 11.1 Å². The monoisotopic (exact) mass is 340 g/mol. The van der Waals surface area contributed by atoms with Gasteiger partial charge in [-0.25, -0.2) is 0 Å². The average molecular weight is 342 g/mol. The Labute approximate surface area is 109 Å². The lowest BCUT2D eigenvalue weighted by Gasteiger charge is -2.01. The van der Waals surface area contributed by atoms with Crippen LogP contribution in [-0.2, 0) is 0 Å².